The summed E-state index contributed by atoms with van der Waals surface area (Å²) in [6.07, 6.45) is 1.39. The van der Waals surface area contributed by atoms with Crippen molar-refractivity contribution in [3.63, 3.8) is 0 Å². The average molecular weight is 407 g/mol. The molecule has 3 nitrogen and oxygen atoms in total. The lowest BCUT2D eigenvalue weighted by molar-refractivity contribution is -0.110. The van der Waals surface area contributed by atoms with E-state index in [1.807, 2.05) is 18.2 Å². The van der Waals surface area contributed by atoms with Crippen LogP contribution in [0.1, 0.15) is 15.9 Å². The summed E-state index contributed by atoms with van der Waals surface area (Å²) >= 11 is 6.70. The molecule has 0 spiro atoms. The highest BCUT2D eigenvalue weighted by Crippen LogP contribution is 2.34. The number of fused-ring (bicyclic) bond motifs is 1. The summed E-state index contributed by atoms with van der Waals surface area (Å²) in [6, 6.07) is 12.5. The molecule has 21 heavy (non-hydrogen) atoms. The Bertz CT molecular complexity index is 779. The van der Waals surface area contributed by atoms with Crippen molar-refractivity contribution in [1.29, 1.82) is 0 Å². The van der Waals surface area contributed by atoms with Gasteiger partial charge in [-0.25, -0.2) is 0 Å². The number of amides is 1. The van der Waals surface area contributed by atoms with Gasteiger partial charge >= 0.3 is 0 Å². The third kappa shape index (κ3) is 2.84. The van der Waals surface area contributed by atoms with E-state index in [2.05, 4.69) is 37.2 Å². The van der Waals surface area contributed by atoms with Gasteiger partial charge in [0.25, 0.3) is 5.91 Å². The molecule has 5 heteroatoms. The van der Waals surface area contributed by atoms with Gasteiger partial charge in [0.15, 0.2) is 5.78 Å². The molecule has 1 heterocycles. The highest BCUT2D eigenvalue weighted by molar-refractivity contribution is 9.10. The maximum absolute atomic E-state index is 12.3. The number of anilines is 1. The maximum atomic E-state index is 12.3. The smallest absolute Gasteiger partial charge is 0.256 e. The minimum atomic E-state index is -0.256. The van der Waals surface area contributed by atoms with Crippen LogP contribution >= 0.6 is 31.9 Å². The summed E-state index contributed by atoms with van der Waals surface area (Å²) < 4.78 is 1.76. The van der Waals surface area contributed by atoms with Gasteiger partial charge in [-0.1, -0.05) is 31.9 Å². The second-order valence-electron chi connectivity index (χ2n) is 4.57. The molecule has 1 amide bonds. The van der Waals surface area contributed by atoms with Gasteiger partial charge in [-0.15, -0.1) is 0 Å². The van der Waals surface area contributed by atoms with Gasteiger partial charge in [-0.05, 0) is 48.5 Å². The normalized spacial score (nSPS) is 15.0. The molecule has 0 bridgehead atoms. The fourth-order valence-corrected chi connectivity index (χ4v) is 2.76. The minimum absolute atomic E-state index is 0.194. The third-order valence-corrected chi connectivity index (χ3v) is 4.19. The topological polar surface area (TPSA) is 46.2 Å². The van der Waals surface area contributed by atoms with Crippen LogP contribution in [0.25, 0.3) is 5.57 Å². The van der Waals surface area contributed by atoms with Gasteiger partial charge < -0.3 is 5.32 Å². The Morgan fingerprint density at radius 3 is 2.38 bits per heavy atom. The van der Waals surface area contributed by atoms with Gasteiger partial charge in [0.05, 0.1) is 5.57 Å². The Morgan fingerprint density at radius 2 is 1.67 bits per heavy atom. The van der Waals surface area contributed by atoms with Crippen LogP contribution in [-0.4, -0.2) is 11.7 Å². The van der Waals surface area contributed by atoms with Crippen molar-refractivity contribution in [1.82, 2.24) is 0 Å². The first kappa shape index (κ1) is 14.2. The summed E-state index contributed by atoms with van der Waals surface area (Å²) in [5.41, 5.74) is 2.39. The molecule has 1 aliphatic rings. The number of ketones is 1. The fraction of sp³-hybridized carbons (Fsp3) is 0. The van der Waals surface area contributed by atoms with Crippen LogP contribution in [0.5, 0.6) is 0 Å². The van der Waals surface area contributed by atoms with Gasteiger partial charge in [-0.2, -0.15) is 0 Å². The second kappa shape index (κ2) is 5.58. The molecule has 0 saturated heterocycles. The van der Waals surface area contributed by atoms with Gasteiger partial charge in [0, 0.05) is 25.8 Å². The summed E-state index contributed by atoms with van der Waals surface area (Å²) in [6.45, 7) is 0. The van der Waals surface area contributed by atoms with E-state index in [0.29, 0.717) is 11.1 Å². The summed E-state index contributed by atoms with van der Waals surface area (Å²) in [5.74, 6) is -0.450. The molecule has 0 radical (unpaired) electrons. The van der Waals surface area contributed by atoms with Crippen molar-refractivity contribution >= 4 is 54.8 Å². The maximum Gasteiger partial charge on any atom is 0.256 e. The number of halogens is 2. The number of hydrogen-bond acceptors (Lipinski definition) is 2. The predicted octanol–water partition coefficient (Wildman–Crippen LogP) is 4.43. The molecule has 0 atom stereocenters. The molecule has 0 aliphatic carbocycles. The molecule has 0 saturated carbocycles. The van der Waals surface area contributed by atoms with Crippen LogP contribution in [-0.2, 0) is 4.79 Å². The molecular formula is C16H9Br2NO2. The Balaban J connectivity index is 2.00. The zero-order valence-electron chi connectivity index (χ0n) is 10.7. The van der Waals surface area contributed by atoms with Crippen LogP contribution < -0.4 is 5.32 Å². The molecule has 2 aromatic rings. The van der Waals surface area contributed by atoms with Crippen molar-refractivity contribution < 1.29 is 9.59 Å². The van der Waals surface area contributed by atoms with Crippen LogP contribution in [0.4, 0.5) is 5.69 Å². The van der Waals surface area contributed by atoms with Gasteiger partial charge in [0.1, 0.15) is 0 Å². The lowest BCUT2D eigenvalue weighted by Crippen LogP contribution is -2.05. The molecule has 104 valence electrons. The summed E-state index contributed by atoms with van der Waals surface area (Å²) in [4.78, 5) is 24.3. The van der Waals surface area contributed by atoms with E-state index < -0.39 is 0 Å². The van der Waals surface area contributed by atoms with Crippen molar-refractivity contribution in [3.05, 3.63) is 68.6 Å². The number of nitrogens with one attached hydrogen (secondary N) is 1. The van der Waals surface area contributed by atoms with Crippen molar-refractivity contribution in [2.45, 2.75) is 0 Å². The van der Waals surface area contributed by atoms with Crippen molar-refractivity contribution in [2.24, 2.45) is 0 Å². The number of allylic oxidation sites excluding steroid dienone is 1. The monoisotopic (exact) mass is 405 g/mol. The predicted molar refractivity (Wildman–Crippen MR) is 89.2 cm³/mol. The molecular weight excluding hydrogens is 398 g/mol. The number of rotatable bonds is 2. The highest BCUT2D eigenvalue weighted by Gasteiger charge is 2.25. The summed E-state index contributed by atoms with van der Waals surface area (Å²) in [7, 11) is 0. The minimum Gasteiger partial charge on any atom is -0.321 e. The number of hydrogen-bond donors (Lipinski definition) is 1. The lowest BCUT2D eigenvalue weighted by Gasteiger charge is -2.00. The van der Waals surface area contributed by atoms with Crippen molar-refractivity contribution in [3.8, 4) is 0 Å². The number of benzene rings is 2. The zero-order valence-corrected chi connectivity index (χ0v) is 13.9. The standard InChI is InChI=1S/C16H9Br2NO2/c17-10-3-1-9(2-4-10)15(20)8-13-12-7-11(18)5-6-14(12)19-16(13)21/h1-8H,(H,19,21)/b13-8+. The average Bonchev–Trinajstić information content (AvgIpc) is 2.76. The van der Waals surface area contributed by atoms with Crippen LogP contribution in [0, 0.1) is 0 Å². The largest absolute Gasteiger partial charge is 0.321 e. The Labute approximate surface area is 138 Å². The van der Waals surface area contributed by atoms with Crippen LogP contribution in [0.15, 0.2) is 57.5 Å². The molecule has 1 N–H and O–H groups in total. The highest BCUT2D eigenvalue weighted by atomic mass is 79.9. The van der Waals surface area contributed by atoms with E-state index in [-0.39, 0.29) is 11.7 Å². The molecule has 0 fully saturated rings. The Morgan fingerprint density at radius 1 is 1.00 bits per heavy atom. The van der Waals surface area contributed by atoms with E-state index in [4.69, 9.17) is 0 Å². The quantitative estimate of drug-likeness (QED) is 0.592. The second-order valence-corrected chi connectivity index (χ2v) is 6.40. The number of carbonyl (C=O) groups excluding carboxylic acids is 2. The SMILES string of the molecule is O=C1Nc2ccc(Br)cc2/C1=C\C(=O)c1ccc(Br)cc1. The van der Waals surface area contributed by atoms with E-state index in [0.717, 1.165) is 20.2 Å². The van der Waals surface area contributed by atoms with E-state index in [1.54, 1.807) is 24.3 Å². The van der Waals surface area contributed by atoms with E-state index in [9.17, 15) is 9.59 Å². The fourth-order valence-electron chi connectivity index (χ4n) is 2.13. The molecule has 2 aromatic carbocycles. The van der Waals surface area contributed by atoms with Crippen LogP contribution in [0.2, 0.25) is 0 Å². The molecule has 3 rings (SSSR count). The Kier molecular flexibility index (Phi) is 3.78. The third-order valence-electron chi connectivity index (χ3n) is 3.17. The first-order valence-corrected chi connectivity index (χ1v) is 7.76. The van der Waals surface area contributed by atoms with E-state index >= 15 is 0 Å². The van der Waals surface area contributed by atoms with Gasteiger partial charge in [0.2, 0.25) is 0 Å². The van der Waals surface area contributed by atoms with Crippen LogP contribution in [0.3, 0.4) is 0 Å². The molecule has 0 unspecified atom stereocenters. The molecule has 0 aromatic heterocycles. The Hall–Kier alpha value is -1.72. The first-order valence-electron chi connectivity index (χ1n) is 6.17. The van der Waals surface area contributed by atoms with Crippen molar-refractivity contribution in [2.75, 3.05) is 5.32 Å². The number of carbonyl (C=O) groups is 2. The first-order chi connectivity index (χ1) is 10.0. The van der Waals surface area contributed by atoms with E-state index in [1.165, 1.54) is 6.08 Å². The summed E-state index contributed by atoms with van der Waals surface area (Å²) in [5, 5.41) is 2.75. The molecule has 1 aliphatic heterocycles. The van der Waals surface area contributed by atoms with Gasteiger partial charge in [-0.3, -0.25) is 9.59 Å². The lowest BCUT2D eigenvalue weighted by atomic mass is 10.0. The zero-order chi connectivity index (χ0) is 15.0.